The van der Waals surface area contributed by atoms with Gasteiger partial charge in [0.25, 0.3) is 0 Å². The number of rotatable bonds is 2. The van der Waals surface area contributed by atoms with E-state index in [1.165, 1.54) is 11.1 Å². The van der Waals surface area contributed by atoms with E-state index in [2.05, 4.69) is 34.9 Å². The van der Waals surface area contributed by atoms with Crippen molar-refractivity contribution in [2.75, 3.05) is 25.0 Å². The van der Waals surface area contributed by atoms with Gasteiger partial charge in [-0.1, -0.05) is 42.5 Å². The van der Waals surface area contributed by atoms with Crippen molar-refractivity contribution in [1.29, 1.82) is 0 Å². The van der Waals surface area contributed by atoms with Crippen molar-refractivity contribution in [3.05, 3.63) is 65.2 Å². The summed E-state index contributed by atoms with van der Waals surface area (Å²) in [5, 5.41) is 6.14. The molecule has 2 N–H and O–H groups in total. The third-order valence-electron chi connectivity index (χ3n) is 7.37. The average molecular weight is 373 g/mol. The van der Waals surface area contributed by atoms with Crippen LogP contribution in [0.4, 0.5) is 10.5 Å². The second kappa shape index (κ2) is 5.60. The van der Waals surface area contributed by atoms with Crippen molar-refractivity contribution in [3.63, 3.8) is 0 Å². The van der Waals surface area contributed by atoms with Gasteiger partial charge in [0.1, 0.15) is 0 Å². The molecule has 1 saturated heterocycles. The fourth-order valence-corrected chi connectivity index (χ4v) is 5.84. The number of hydrogen-bond acceptors (Lipinski definition) is 2. The summed E-state index contributed by atoms with van der Waals surface area (Å²) in [7, 11) is 0. The molecule has 3 amide bonds. The van der Waals surface area contributed by atoms with Crippen molar-refractivity contribution in [1.82, 2.24) is 10.2 Å². The predicted octanol–water partition coefficient (Wildman–Crippen LogP) is 2.88. The highest BCUT2D eigenvalue weighted by atomic mass is 16.2. The van der Waals surface area contributed by atoms with Gasteiger partial charge >= 0.3 is 6.03 Å². The number of para-hydroxylation sites is 1. The van der Waals surface area contributed by atoms with Crippen LogP contribution in [0.5, 0.6) is 0 Å². The lowest BCUT2D eigenvalue weighted by atomic mass is 9.81. The highest BCUT2D eigenvalue weighted by Gasteiger charge is 2.55. The Morgan fingerprint density at radius 1 is 1.18 bits per heavy atom. The minimum atomic E-state index is -0.580. The van der Waals surface area contributed by atoms with Gasteiger partial charge in [-0.3, -0.25) is 4.79 Å². The van der Waals surface area contributed by atoms with Gasteiger partial charge in [0.05, 0.1) is 5.41 Å². The SMILES string of the molecule is O=C(NCC1C2Cc3ccccc3C12)N1CCC2(C1)C(=O)Nc1ccccc12. The number of nitrogens with one attached hydrogen (secondary N) is 2. The molecule has 4 atom stereocenters. The Morgan fingerprint density at radius 2 is 2.00 bits per heavy atom. The van der Waals surface area contributed by atoms with Crippen molar-refractivity contribution < 1.29 is 9.59 Å². The van der Waals surface area contributed by atoms with Gasteiger partial charge in [-0.2, -0.15) is 0 Å². The third-order valence-corrected chi connectivity index (χ3v) is 7.37. The van der Waals surface area contributed by atoms with Crippen LogP contribution >= 0.6 is 0 Å². The van der Waals surface area contributed by atoms with Crippen LogP contribution in [0.2, 0.25) is 0 Å². The number of anilines is 1. The van der Waals surface area contributed by atoms with E-state index in [9.17, 15) is 9.59 Å². The molecular weight excluding hydrogens is 350 g/mol. The number of carbonyl (C=O) groups is 2. The van der Waals surface area contributed by atoms with Crippen LogP contribution in [-0.2, 0) is 16.6 Å². The second-order valence-corrected chi connectivity index (χ2v) is 8.70. The lowest BCUT2D eigenvalue weighted by molar-refractivity contribution is -0.120. The smallest absolute Gasteiger partial charge is 0.317 e. The minimum Gasteiger partial charge on any atom is -0.338 e. The molecule has 0 aromatic heterocycles. The van der Waals surface area contributed by atoms with Crippen LogP contribution in [-0.4, -0.2) is 36.5 Å². The van der Waals surface area contributed by atoms with E-state index < -0.39 is 5.41 Å². The number of likely N-dealkylation sites (tertiary alicyclic amines) is 1. The van der Waals surface area contributed by atoms with E-state index in [1.54, 1.807) is 0 Å². The average Bonchev–Trinajstić information content (AvgIpc) is 3.05. The van der Waals surface area contributed by atoms with Crippen LogP contribution < -0.4 is 10.6 Å². The first-order valence-electron chi connectivity index (χ1n) is 10.2. The number of fused-ring (bicyclic) bond motifs is 5. The lowest BCUT2D eigenvalue weighted by Gasteiger charge is -2.23. The fourth-order valence-electron chi connectivity index (χ4n) is 5.84. The number of amides is 3. The lowest BCUT2D eigenvalue weighted by Crippen LogP contribution is -2.43. The van der Waals surface area contributed by atoms with E-state index in [4.69, 9.17) is 0 Å². The van der Waals surface area contributed by atoms with Crippen LogP contribution in [0.15, 0.2) is 48.5 Å². The summed E-state index contributed by atoms with van der Waals surface area (Å²) in [5.74, 6) is 1.90. The number of benzene rings is 2. The van der Waals surface area contributed by atoms with Crippen molar-refractivity contribution >= 4 is 17.6 Å². The Labute approximate surface area is 164 Å². The molecule has 5 nitrogen and oxygen atoms in total. The summed E-state index contributed by atoms with van der Waals surface area (Å²) in [6, 6.07) is 16.5. The van der Waals surface area contributed by atoms with Gasteiger partial charge in [0.15, 0.2) is 0 Å². The summed E-state index contributed by atoms with van der Waals surface area (Å²) in [5.41, 5.74) is 4.30. The van der Waals surface area contributed by atoms with E-state index in [1.807, 2.05) is 29.2 Å². The number of urea groups is 1. The largest absolute Gasteiger partial charge is 0.338 e. The van der Waals surface area contributed by atoms with Gasteiger partial charge in [0.2, 0.25) is 5.91 Å². The molecule has 2 aromatic carbocycles. The van der Waals surface area contributed by atoms with Gasteiger partial charge in [-0.25, -0.2) is 4.79 Å². The maximum Gasteiger partial charge on any atom is 0.317 e. The molecule has 1 spiro atoms. The Balaban J connectivity index is 1.11. The molecule has 142 valence electrons. The molecule has 4 aliphatic rings. The van der Waals surface area contributed by atoms with Gasteiger partial charge in [-0.15, -0.1) is 0 Å². The summed E-state index contributed by atoms with van der Waals surface area (Å²) in [4.78, 5) is 27.3. The normalized spacial score (nSPS) is 31.4. The van der Waals surface area contributed by atoms with E-state index >= 15 is 0 Å². The van der Waals surface area contributed by atoms with Crippen molar-refractivity contribution in [2.45, 2.75) is 24.2 Å². The summed E-state index contributed by atoms with van der Waals surface area (Å²) >= 11 is 0. The first-order chi connectivity index (χ1) is 13.7. The van der Waals surface area contributed by atoms with Gasteiger partial charge in [-0.05, 0) is 53.4 Å². The topological polar surface area (TPSA) is 61.4 Å². The molecule has 1 saturated carbocycles. The molecule has 2 heterocycles. The molecule has 5 heteroatoms. The zero-order chi connectivity index (χ0) is 18.9. The Hall–Kier alpha value is -2.82. The quantitative estimate of drug-likeness (QED) is 0.850. The maximum atomic E-state index is 12.8. The maximum absolute atomic E-state index is 12.8. The molecule has 2 fully saturated rings. The first kappa shape index (κ1) is 16.2. The Bertz CT molecular complexity index is 1000. The van der Waals surface area contributed by atoms with Crippen LogP contribution in [0.25, 0.3) is 0 Å². The number of nitrogens with zero attached hydrogens (tertiary/aromatic N) is 1. The highest BCUT2D eigenvalue weighted by Crippen LogP contribution is 2.61. The Morgan fingerprint density at radius 3 is 2.93 bits per heavy atom. The predicted molar refractivity (Wildman–Crippen MR) is 106 cm³/mol. The molecule has 0 bridgehead atoms. The molecule has 2 aliphatic carbocycles. The minimum absolute atomic E-state index is 0.0253. The summed E-state index contributed by atoms with van der Waals surface area (Å²) in [6.45, 7) is 1.81. The molecule has 0 radical (unpaired) electrons. The summed E-state index contributed by atoms with van der Waals surface area (Å²) in [6.07, 6.45) is 1.83. The molecular formula is C23H23N3O2. The van der Waals surface area contributed by atoms with E-state index in [0.717, 1.165) is 24.2 Å². The van der Waals surface area contributed by atoms with E-state index in [-0.39, 0.29) is 11.9 Å². The zero-order valence-electron chi connectivity index (χ0n) is 15.7. The van der Waals surface area contributed by atoms with Gasteiger partial charge in [0, 0.05) is 25.3 Å². The van der Waals surface area contributed by atoms with Crippen LogP contribution in [0.1, 0.15) is 29.0 Å². The molecule has 6 rings (SSSR count). The van der Waals surface area contributed by atoms with Gasteiger partial charge < -0.3 is 15.5 Å². The van der Waals surface area contributed by atoms with Crippen molar-refractivity contribution in [3.8, 4) is 0 Å². The third kappa shape index (κ3) is 2.13. The highest BCUT2D eigenvalue weighted by molar-refractivity contribution is 6.07. The van der Waals surface area contributed by atoms with Crippen LogP contribution in [0.3, 0.4) is 0 Å². The number of hydrogen-bond donors (Lipinski definition) is 2. The standard InChI is InChI=1S/C23H23N3O2/c27-21-23(18-7-3-4-8-19(18)25-21)9-10-26(13-23)22(28)24-12-17-16-11-14-5-1-2-6-15(14)20(16)17/h1-8,16-17,20H,9-13H2,(H,24,28)(H,25,27). The number of carbonyl (C=O) groups excluding carboxylic acids is 2. The van der Waals surface area contributed by atoms with E-state index in [0.29, 0.717) is 37.3 Å². The monoisotopic (exact) mass is 373 g/mol. The Kier molecular flexibility index (Phi) is 3.23. The van der Waals surface area contributed by atoms with Crippen LogP contribution in [0, 0.1) is 11.8 Å². The molecule has 4 unspecified atom stereocenters. The summed E-state index contributed by atoms with van der Waals surface area (Å²) < 4.78 is 0. The molecule has 28 heavy (non-hydrogen) atoms. The zero-order valence-corrected chi connectivity index (χ0v) is 15.7. The first-order valence-corrected chi connectivity index (χ1v) is 10.2. The molecule has 2 aromatic rings. The molecule has 2 aliphatic heterocycles. The fraction of sp³-hybridized carbons (Fsp3) is 0.391. The van der Waals surface area contributed by atoms with Crippen molar-refractivity contribution in [2.24, 2.45) is 11.8 Å². The second-order valence-electron chi connectivity index (χ2n) is 8.70.